The van der Waals surface area contributed by atoms with Gasteiger partial charge in [0.2, 0.25) is 12.0 Å². The second-order valence-electron chi connectivity index (χ2n) is 7.83. The number of nitrogens with one attached hydrogen (secondary N) is 2. The van der Waals surface area contributed by atoms with Gasteiger partial charge in [-0.2, -0.15) is 0 Å². The fraction of sp³-hybridized carbons (Fsp3) is 0.375. The van der Waals surface area contributed by atoms with Gasteiger partial charge in [-0.15, -0.1) is 0 Å². The van der Waals surface area contributed by atoms with E-state index >= 15 is 0 Å². The van der Waals surface area contributed by atoms with Crippen LogP contribution in [0.2, 0.25) is 0 Å². The fourth-order valence-corrected chi connectivity index (χ4v) is 3.79. The maximum absolute atomic E-state index is 12.9. The number of nitrogens with zero attached hydrogens (tertiary/aromatic N) is 1. The maximum atomic E-state index is 12.9. The van der Waals surface area contributed by atoms with Crippen LogP contribution < -0.4 is 10.6 Å². The lowest BCUT2D eigenvalue weighted by Gasteiger charge is -2.21. The summed E-state index contributed by atoms with van der Waals surface area (Å²) in [6, 6.07) is 18.5. The van der Waals surface area contributed by atoms with Crippen LogP contribution in [0.3, 0.4) is 0 Å². The second-order valence-corrected chi connectivity index (χ2v) is 7.83. The van der Waals surface area contributed by atoms with Gasteiger partial charge < -0.3 is 20.2 Å². The minimum absolute atomic E-state index is 0.0389. The van der Waals surface area contributed by atoms with E-state index in [9.17, 15) is 9.59 Å². The van der Waals surface area contributed by atoms with Crippen molar-refractivity contribution in [1.29, 1.82) is 0 Å². The third kappa shape index (κ3) is 5.70. The molecule has 7 nitrogen and oxygen atoms in total. The first kappa shape index (κ1) is 21.1. The van der Waals surface area contributed by atoms with E-state index in [4.69, 9.17) is 9.57 Å². The van der Waals surface area contributed by atoms with Gasteiger partial charge in [0, 0.05) is 26.0 Å². The Morgan fingerprint density at radius 2 is 1.81 bits per heavy atom. The zero-order chi connectivity index (χ0) is 21.5. The lowest BCUT2D eigenvalue weighted by Crippen LogP contribution is -2.51. The Morgan fingerprint density at radius 3 is 2.52 bits per heavy atom. The zero-order valence-corrected chi connectivity index (χ0v) is 17.3. The molecule has 0 spiro atoms. The summed E-state index contributed by atoms with van der Waals surface area (Å²) in [5.41, 5.74) is 2.62. The maximum Gasteiger partial charge on any atom is 0.265 e. The molecule has 7 heteroatoms. The molecule has 2 aromatic rings. The predicted octanol–water partition coefficient (Wildman–Crippen LogP) is 2.20. The first-order chi connectivity index (χ1) is 15.2. The van der Waals surface area contributed by atoms with Crippen LogP contribution in [-0.4, -0.2) is 48.9 Å². The Kier molecular flexibility index (Phi) is 6.94. The summed E-state index contributed by atoms with van der Waals surface area (Å²) in [7, 11) is 0. The van der Waals surface area contributed by atoms with Crippen LogP contribution in [0.1, 0.15) is 30.4 Å². The molecule has 1 fully saturated rings. The highest BCUT2D eigenvalue weighted by molar-refractivity contribution is 6.04. The van der Waals surface area contributed by atoms with Crippen molar-refractivity contribution in [2.75, 3.05) is 13.2 Å². The van der Waals surface area contributed by atoms with Crippen molar-refractivity contribution in [3.05, 3.63) is 71.8 Å². The third-order valence-corrected chi connectivity index (χ3v) is 5.51. The first-order valence-electron chi connectivity index (χ1n) is 10.7. The summed E-state index contributed by atoms with van der Waals surface area (Å²) in [6.45, 7) is 1.18. The number of benzene rings is 2. The summed E-state index contributed by atoms with van der Waals surface area (Å²) >= 11 is 0. The molecule has 2 aliphatic heterocycles. The molecule has 2 amide bonds. The van der Waals surface area contributed by atoms with Gasteiger partial charge in [-0.3, -0.25) is 9.59 Å². The Bertz CT molecular complexity index is 911. The molecule has 0 unspecified atom stereocenters. The summed E-state index contributed by atoms with van der Waals surface area (Å²) in [5.74, 6) is -0.572. The van der Waals surface area contributed by atoms with E-state index in [2.05, 4.69) is 15.8 Å². The summed E-state index contributed by atoms with van der Waals surface area (Å²) in [4.78, 5) is 31.1. The van der Waals surface area contributed by atoms with Gasteiger partial charge in [0.1, 0.15) is 6.04 Å². The van der Waals surface area contributed by atoms with Crippen LogP contribution in [0.4, 0.5) is 0 Å². The summed E-state index contributed by atoms with van der Waals surface area (Å²) in [6.07, 6.45) is 1.99. The molecule has 2 aromatic carbocycles. The van der Waals surface area contributed by atoms with E-state index in [1.54, 1.807) is 0 Å². The molecule has 2 aliphatic rings. The molecule has 2 heterocycles. The van der Waals surface area contributed by atoms with Gasteiger partial charge in [-0.25, -0.2) is 0 Å². The normalized spacial score (nSPS) is 21.1. The SMILES string of the molecule is O=C(NC[C@@H]1CCCO1)[C@H](Cc1ccccc1)NC(=O)[C@@H]1CC(c2ccccc2)=NO1. The van der Waals surface area contributed by atoms with Crippen molar-refractivity contribution in [2.24, 2.45) is 5.16 Å². The molecule has 0 aromatic heterocycles. The summed E-state index contributed by atoms with van der Waals surface area (Å²) < 4.78 is 5.58. The number of rotatable bonds is 8. The average Bonchev–Trinajstić information content (AvgIpc) is 3.51. The van der Waals surface area contributed by atoms with Crippen LogP contribution in [0, 0.1) is 0 Å². The number of hydrogen-bond acceptors (Lipinski definition) is 5. The van der Waals surface area contributed by atoms with Crippen LogP contribution in [0.25, 0.3) is 0 Å². The van der Waals surface area contributed by atoms with Crippen LogP contribution >= 0.6 is 0 Å². The van der Waals surface area contributed by atoms with Crippen LogP contribution in [0.15, 0.2) is 65.8 Å². The molecule has 2 N–H and O–H groups in total. The van der Waals surface area contributed by atoms with Crippen molar-refractivity contribution in [1.82, 2.24) is 10.6 Å². The van der Waals surface area contributed by atoms with E-state index in [0.29, 0.717) is 19.4 Å². The summed E-state index contributed by atoms with van der Waals surface area (Å²) in [5, 5.41) is 9.86. The molecular weight excluding hydrogens is 394 g/mol. The molecule has 162 valence electrons. The highest BCUT2D eigenvalue weighted by Crippen LogP contribution is 2.17. The predicted molar refractivity (Wildman–Crippen MR) is 117 cm³/mol. The monoisotopic (exact) mass is 421 g/mol. The number of ether oxygens (including phenoxy) is 1. The quantitative estimate of drug-likeness (QED) is 0.684. The fourth-order valence-electron chi connectivity index (χ4n) is 3.79. The highest BCUT2D eigenvalue weighted by atomic mass is 16.6. The van der Waals surface area contributed by atoms with E-state index in [1.807, 2.05) is 60.7 Å². The van der Waals surface area contributed by atoms with E-state index in [0.717, 1.165) is 36.3 Å². The molecule has 0 aliphatic carbocycles. The van der Waals surface area contributed by atoms with Gasteiger partial charge in [-0.05, 0) is 24.0 Å². The molecule has 3 atom stereocenters. The van der Waals surface area contributed by atoms with Crippen molar-refractivity contribution >= 4 is 17.5 Å². The lowest BCUT2D eigenvalue weighted by molar-refractivity contribution is -0.135. The Balaban J connectivity index is 1.37. The van der Waals surface area contributed by atoms with Gasteiger partial charge in [-0.1, -0.05) is 65.8 Å². The topological polar surface area (TPSA) is 89.0 Å². The van der Waals surface area contributed by atoms with Crippen LogP contribution in [-0.2, 0) is 25.6 Å². The van der Waals surface area contributed by atoms with Crippen molar-refractivity contribution in [3.63, 3.8) is 0 Å². The first-order valence-corrected chi connectivity index (χ1v) is 10.7. The molecule has 0 radical (unpaired) electrons. The van der Waals surface area contributed by atoms with Gasteiger partial charge >= 0.3 is 0 Å². The molecular formula is C24H27N3O4. The number of oxime groups is 1. The van der Waals surface area contributed by atoms with E-state index in [-0.39, 0.29) is 17.9 Å². The number of amides is 2. The zero-order valence-electron chi connectivity index (χ0n) is 17.3. The molecule has 0 bridgehead atoms. The van der Waals surface area contributed by atoms with Gasteiger partial charge in [0.05, 0.1) is 11.8 Å². The standard InChI is InChI=1S/C24H27N3O4/c28-23(25-16-19-12-7-13-30-19)21(14-17-8-3-1-4-9-17)26-24(29)22-15-20(27-31-22)18-10-5-2-6-11-18/h1-6,8-11,19,21-22H,7,12-16H2,(H,25,28)(H,26,29)/t19-,21-,22-/m0/s1. The highest BCUT2D eigenvalue weighted by Gasteiger charge is 2.32. The minimum Gasteiger partial charge on any atom is -0.382 e. The van der Waals surface area contributed by atoms with Crippen molar-refractivity contribution in [3.8, 4) is 0 Å². The number of carbonyl (C=O) groups is 2. The Hall–Kier alpha value is -3.19. The number of hydrogen-bond donors (Lipinski definition) is 2. The smallest absolute Gasteiger partial charge is 0.265 e. The minimum atomic E-state index is -0.751. The largest absolute Gasteiger partial charge is 0.382 e. The van der Waals surface area contributed by atoms with Crippen molar-refractivity contribution in [2.45, 2.75) is 43.9 Å². The number of carbonyl (C=O) groups excluding carboxylic acids is 2. The van der Waals surface area contributed by atoms with E-state index < -0.39 is 12.1 Å². The van der Waals surface area contributed by atoms with Gasteiger partial charge in [0.15, 0.2) is 0 Å². The Labute approximate surface area is 181 Å². The molecule has 0 saturated carbocycles. The Morgan fingerprint density at radius 1 is 1.06 bits per heavy atom. The van der Waals surface area contributed by atoms with E-state index in [1.165, 1.54) is 0 Å². The van der Waals surface area contributed by atoms with Gasteiger partial charge in [0.25, 0.3) is 5.91 Å². The second kappa shape index (κ2) is 10.2. The van der Waals surface area contributed by atoms with Crippen LogP contribution in [0.5, 0.6) is 0 Å². The average molecular weight is 421 g/mol. The molecule has 1 saturated heterocycles. The lowest BCUT2D eigenvalue weighted by atomic mass is 10.0. The molecule has 31 heavy (non-hydrogen) atoms. The van der Waals surface area contributed by atoms with Crippen molar-refractivity contribution < 1.29 is 19.2 Å². The molecule has 4 rings (SSSR count). The third-order valence-electron chi connectivity index (χ3n) is 5.51.